The van der Waals surface area contributed by atoms with Crippen LogP contribution >= 0.6 is 0 Å². The first-order chi connectivity index (χ1) is 7.51. The highest BCUT2D eigenvalue weighted by Crippen LogP contribution is 2.31. The van der Waals surface area contributed by atoms with Crippen LogP contribution in [0.1, 0.15) is 19.4 Å². The van der Waals surface area contributed by atoms with E-state index in [2.05, 4.69) is 18.4 Å². The van der Waals surface area contributed by atoms with Crippen LogP contribution in [0.3, 0.4) is 0 Å². The van der Waals surface area contributed by atoms with Gasteiger partial charge in [-0.05, 0) is 37.6 Å². The molecular formula is C14H16O2. The summed E-state index contributed by atoms with van der Waals surface area (Å²) in [5.74, 6) is 6.54. The second kappa shape index (κ2) is 4.76. The predicted octanol–water partition coefficient (Wildman–Crippen LogP) is 2.87. The number of rotatable bonds is 2. The number of phenols is 1. The first-order valence-electron chi connectivity index (χ1n) is 5.02. The van der Waals surface area contributed by atoms with Gasteiger partial charge in [0.25, 0.3) is 0 Å². The molecular weight excluding hydrogens is 200 g/mol. The number of methoxy groups -OCH3 is 1. The summed E-state index contributed by atoms with van der Waals surface area (Å²) < 4.78 is 5.07. The Hall–Kier alpha value is -1.88. The van der Waals surface area contributed by atoms with Crippen molar-refractivity contribution in [1.29, 1.82) is 0 Å². The molecule has 0 bridgehead atoms. The van der Waals surface area contributed by atoms with Crippen molar-refractivity contribution in [2.24, 2.45) is 0 Å². The van der Waals surface area contributed by atoms with Gasteiger partial charge in [-0.2, -0.15) is 0 Å². The van der Waals surface area contributed by atoms with Gasteiger partial charge in [-0.15, -0.1) is 0 Å². The fraction of sp³-hybridized carbons (Fsp3) is 0.286. The van der Waals surface area contributed by atoms with Gasteiger partial charge < -0.3 is 9.84 Å². The van der Waals surface area contributed by atoms with E-state index in [0.29, 0.717) is 5.75 Å². The standard InChI is InChI=1S/C14H16O2/c1-5-6-9-14(2,3)11-7-8-12(15)13(10-11)16-4/h5,7-8,10,15H,1H2,2-4H3. The zero-order valence-electron chi connectivity index (χ0n) is 9.87. The van der Waals surface area contributed by atoms with Crippen LogP contribution in [0.4, 0.5) is 0 Å². The Kier molecular flexibility index (Phi) is 3.63. The average Bonchev–Trinajstić information content (AvgIpc) is 2.27. The van der Waals surface area contributed by atoms with E-state index in [9.17, 15) is 5.11 Å². The van der Waals surface area contributed by atoms with Gasteiger partial charge in [0.2, 0.25) is 0 Å². The Morgan fingerprint density at radius 3 is 2.69 bits per heavy atom. The van der Waals surface area contributed by atoms with Gasteiger partial charge in [-0.3, -0.25) is 0 Å². The molecule has 2 heteroatoms. The first-order valence-corrected chi connectivity index (χ1v) is 5.02. The van der Waals surface area contributed by atoms with Gasteiger partial charge >= 0.3 is 0 Å². The summed E-state index contributed by atoms with van der Waals surface area (Å²) in [4.78, 5) is 0. The molecule has 0 aromatic heterocycles. The lowest BCUT2D eigenvalue weighted by Crippen LogP contribution is -2.14. The van der Waals surface area contributed by atoms with E-state index in [1.165, 1.54) is 7.11 Å². The zero-order chi connectivity index (χ0) is 12.2. The van der Waals surface area contributed by atoms with Gasteiger partial charge in [0.05, 0.1) is 12.5 Å². The van der Waals surface area contributed by atoms with Crippen LogP contribution in [0.2, 0.25) is 0 Å². The largest absolute Gasteiger partial charge is 0.504 e. The van der Waals surface area contributed by atoms with Crippen molar-refractivity contribution < 1.29 is 9.84 Å². The van der Waals surface area contributed by atoms with Crippen LogP contribution in [0.5, 0.6) is 11.5 Å². The zero-order valence-corrected chi connectivity index (χ0v) is 9.87. The number of benzene rings is 1. The highest BCUT2D eigenvalue weighted by Gasteiger charge is 2.19. The van der Waals surface area contributed by atoms with Crippen LogP contribution in [0.25, 0.3) is 0 Å². The molecule has 1 rings (SSSR count). The summed E-state index contributed by atoms with van der Waals surface area (Å²) >= 11 is 0. The van der Waals surface area contributed by atoms with Crippen molar-refractivity contribution in [2.75, 3.05) is 7.11 Å². The minimum atomic E-state index is -0.296. The molecule has 0 aliphatic carbocycles. The van der Waals surface area contributed by atoms with Gasteiger partial charge in [0.1, 0.15) is 0 Å². The molecule has 1 aromatic rings. The Morgan fingerprint density at radius 2 is 2.12 bits per heavy atom. The van der Waals surface area contributed by atoms with E-state index in [1.54, 1.807) is 18.2 Å². The minimum Gasteiger partial charge on any atom is -0.504 e. The lowest BCUT2D eigenvalue weighted by Gasteiger charge is -2.19. The number of hydrogen-bond acceptors (Lipinski definition) is 2. The minimum absolute atomic E-state index is 0.138. The van der Waals surface area contributed by atoms with Crippen molar-refractivity contribution in [3.63, 3.8) is 0 Å². The Morgan fingerprint density at radius 1 is 1.44 bits per heavy atom. The molecule has 84 valence electrons. The van der Waals surface area contributed by atoms with Crippen molar-refractivity contribution in [1.82, 2.24) is 0 Å². The quantitative estimate of drug-likeness (QED) is 0.770. The number of aromatic hydroxyl groups is 1. The third-order valence-electron chi connectivity index (χ3n) is 2.39. The highest BCUT2D eigenvalue weighted by molar-refractivity contribution is 5.46. The summed E-state index contributed by atoms with van der Waals surface area (Å²) in [6.45, 7) is 7.59. The molecule has 0 unspecified atom stereocenters. The first kappa shape index (κ1) is 12.2. The molecule has 0 saturated heterocycles. The third-order valence-corrected chi connectivity index (χ3v) is 2.39. The third kappa shape index (κ3) is 2.58. The second-order valence-electron chi connectivity index (χ2n) is 3.99. The van der Waals surface area contributed by atoms with E-state index >= 15 is 0 Å². The van der Waals surface area contributed by atoms with Crippen LogP contribution in [-0.2, 0) is 5.41 Å². The second-order valence-corrected chi connectivity index (χ2v) is 3.99. The van der Waals surface area contributed by atoms with Crippen molar-refractivity contribution in [3.05, 3.63) is 36.4 Å². The average molecular weight is 216 g/mol. The van der Waals surface area contributed by atoms with Crippen molar-refractivity contribution in [3.8, 4) is 23.3 Å². The van der Waals surface area contributed by atoms with Crippen molar-refractivity contribution in [2.45, 2.75) is 19.3 Å². The molecule has 0 spiro atoms. The van der Waals surface area contributed by atoms with Crippen molar-refractivity contribution >= 4 is 0 Å². The fourth-order valence-electron chi connectivity index (χ4n) is 1.37. The SMILES string of the molecule is C=CC#CC(C)(C)c1ccc(O)c(OC)c1. The van der Waals surface area contributed by atoms with E-state index in [1.807, 2.05) is 19.9 Å². The molecule has 0 saturated carbocycles. The number of hydrogen-bond donors (Lipinski definition) is 1. The van der Waals surface area contributed by atoms with Gasteiger partial charge in [-0.1, -0.05) is 24.5 Å². The highest BCUT2D eigenvalue weighted by atomic mass is 16.5. The number of ether oxygens (including phenoxy) is 1. The molecule has 2 nitrogen and oxygen atoms in total. The van der Waals surface area contributed by atoms with Gasteiger partial charge in [0.15, 0.2) is 11.5 Å². The number of allylic oxidation sites excluding steroid dienone is 1. The topological polar surface area (TPSA) is 29.5 Å². The normalized spacial score (nSPS) is 10.2. The smallest absolute Gasteiger partial charge is 0.160 e. The molecule has 0 heterocycles. The van der Waals surface area contributed by atoms with Gasteiger partial charge in [0, 0.05) is 0 Å². The van der Waals surface area contributed by atoms with Crippen LogP contribution < -0.4 is 4.74 Å². The van der Waals surface area contributed by atoms with Gasteiger partial charge in [-0.25, -0.2) is 0 Å². The Bertz CT molecular complexity index is 448. The van der Waals surface area contributed by atoms with E-state index in [4.69, 9.17) is 4.74 Å². The molecule has 0 aliphatic rings. The summed E-state index contributed by atoms with van der Waals surface area (Å²) in [5.41, 5.74) is 0.700. The maximum atomic E-state index is 9.50. The Balaban J connectivity index is 3.18. The van der Waals surface area contributed by atoms with E-state index in [0.717, 1.165) is 5.56 Å². The molecule has 1 aromatic carbocycles. The maximum absolute atomic E-state index is 9.50. The molecule has 0 aliphatic heterocycles. The van der Waals surface area contributed by atoms with Crippen LogP contribution in [0, 0.1) is 11.8 Å². The predicted molar refractivity (Wildman–Crippen MR) is 65.7 cm³/mol. The molecule has 0 amide bonds. The summed E-state index contributed by atoms with van der Waals surface area (Å²) in [5, 5.41) is 9.50. The van der Waals surface area contributed by atoms with Crippen LogP contribution in [0.15, 0.2) is 30.9 Å². The molecule has 0 atom stereocenters. The number of phenolic OH excluding ortho intramolecular Hbond substituents is 1. The summed E-state index contributed by atoms with van der Waals surface area (Å²) in [6.07, 6.45) is 1.57. The molecule has 0 fully saturated rings. The van der Waals surface area contributed by atoms with E-state index < -0.39 is 0 Å². The lowest BCUT2D eigenvalue weighted by atomic mass is 9.85. The maximum Gasteiger partial charge on any atom is 0.160 e. The Labute approximate surface area is 96.6 Å². The molecule has 0 radical (unpaired) electrons. The molecule has 16 heavy (non-hydrogen) atoms. The molecule has 1 N–H and O–H groups in total. The van der Waals surface area contributed by atoms with Crippen LogP contribution in [-0.4, -0.2) is 12.2 Å². The lowest BCUT2D eigenvalue weighted by molar-refractivity contribution is 0.372. The monoisotopic (exact) mass is 216 g/mol. The fourth-order valence-corrected chi connectivity index (χ4v) is 1.37. The van der Waals surface area contributed by atoms with E-state index in [-0.39, 0.29) is 11.2 Å². The summed E-state index contributed by atoms with van der Waals surface area (Å²) in [6, 6.07) is 5.26. The summed E-state index contributed by atoms with van der Waals surface area (Å²) in [7, 11) is 1.53.